The molecule has 2 aromatic rings. The van der Waals surface area contributed by atoms with Gasteiger partial charge < -0.3 is 9.52 Å². The van der Waals surface area contributed by atoms with Crippen LogP contribution in [0.1, 0.15) is 17.0 Å². The summed E-state index contributed by atoms with van der Waals surface area (Å²) in [6.45, 7) is 0. The van der Waals surface area contributed by atoms with Crippen LogP contribution in [0.25, 0.3) is 11.3 Å². The molecule has 0 unspecified atom stereocenters. The molecular weight excluding hydrogens is 220 g/mol. The average Bonchev–Trinajstić information content (AvgIpc) is 2.78. The largest absolute Gasteiger partial charge is 0.481 e. The van der Waals surface area contributed by atoms with Crippen LogP contribution < -0.4 is 0 Å². The number of benzene rings is 1. The molecule has 0 aliphatic carbocycles. The first-order chi connectivity index (χ1) is 8.16. The van der Waals surface area contributed by atoms with Crippen LogP contribution in [-0.4, -0.2) is 16.9 Å². The smallest absolute Gasteiger partial charge is 0.311 e. The highest BCUT2D eigenvalue weighted by molar-refractivity contribution is 6.04. The Labute approximate surface area is 97.5 Å². The summed E-state index contributed by atoms with van der Waals surface area (Å²) < 4.78 is 5.32. The van der Waals surface area contributed by atoms with E-state index < -0.39 is 18.2 Å². The minimum absolute atomic E-state index is 0.0752. The Morgan fingerprint density at radius 1 is 1.06 bits per heavy atom. The third kappa shape index (κ3) is 2.60. The molecular formula is C13H10O4. The zero-order valence-electron chi connectivity index (χ0n) is 8.92. The summed E-state index contributed by atoms with van der Waals surface area (Å²) >= 11 is 0. The van der Waals surface area contributed by atoms with Crippen LogP contribution in [0.4, 0.5) is 0 Å². The predicted octanol–water partition coefficient (Wildman–Crippen LogP) is 2.60. The molecule has 0 amide bonds. The number of Topliss-reactive ketones (excluding diaryl/α,β-unsaturated/α-hetero) is 1. The fourth-order valence-electron chi connectivity index (χ4n) is 1.47. The van der Waals surface area contributed by atoms with E-state index in [9.17, 15) is 9.59 Å². The van der Waals surface area contributed by atoms with E-state index in [1.54, 1.807) is 6.07 Å². The first kappa shape index (κ1) is 11.1. The van der Waals surface area contributed by atoms with Crippen molar-refractivity contribution in [2.45, 2.75) is 6.42 Å². The van der Waals surface area contributed by atoms with Crippen molar-refractivity contribution < 1.29 is 19.1 Å². The summed E-state index contributed by atoms with van der Waals surface area (Å²) in [4.78, 5) is 21.8. The Hall–Kier alpha value is -2.36. The Kier molecular flexibility index (Phi) is 3.05. The van der Waals surface area contributed by atoms with Crippen LogP contribution in [0.5, 0.6) is 0 Å². The van der Waals surface area contributed by atoms with E-state index in [1.165, 1.54) is 6.07 Å². The average molecular weight is 230 g/mol. The highest BCUT2D eigenvalue weighted by Crippen LogP contribution is 2.22. The molecule has 4 heteroatoms. The second-order valence-electron chi connectivity index (χ2n) is 3.52. The van der Waals surface area contributed by atoms with E-state index in [-0.39, 0.29) is 5.76 Å². The van der Waals surface area contributed by atoms with E-state index in [2.05, 4.69) is 0 Å². The molecule has 0 saturated carbocycles. The van der Waals surface area contributed by atoms with Gasteiger partial charge in [0.15, 0.2) is 5.76 Å². The molecule has 17 heavy (non-hydrogen) atoms. The number of carboxylic acid groups (broad SMARTS) is 1. The lowest BCUT2D eigenvalue weighted by molar-refractivity contribution is -0.135. The van der Waals surface area contributed by atoms with Crippen molar-refractivity contribution in [1.29, 1.82) is 0 Å². The molecule has 1 heterocycles. The lowest BCUT2D eigenvalue weighted by Crippen LogP contribution is -2.05. The molecule has 86 valence electrons. The lowest BCUT2D eigenvalue weighted by atomic mass is 10.2. The summed E-state index contributed by atoms with van der Waals surface area (Å²) in [5.41, 5.74) is 0.849. The van der Waals surface area contributed by atoms with Crippen molar-refractivity contribution in [2.75, 3.05) is 0 Å². The van der Waals surface area contributed by atoms with E-state index >= 15 is 0 Å². The third-order valence-corrected chi connectivity index (χ3v) is 2.25. The van der Waals surface area contributed by atoms with Crippen molar-refractivity contribution in [3.8, 4) is 11.3 Å². The van der Waals surface area contributed by atoms with Gasteiger partial charge in [0.25, 0.3) is 0 Å². The van der Waals surface area contributed by atoms with Crippen LogP contribution >= 0.6 is 0 Å². The Morgan fingerprint density at radius 2 is 1.76 bits per heavy atom. The highest BCUT2D eigenvalue weighted by atomic mass is 16.4. The van der Waals surface area contributed by atoms with Gasteiger partial charge in [0.2, 0.25) is 5.78 Å². The van der Waals surface area contributed by atoms with Crippen molar-refractivity contribution in [2.24, 2.45) is 0 Å². The number of hydrogen-bond acceptors (Lipinski definition) is 3. The molecule has 0 spiro atoms. The molecule has 0 saturated heterocycles. The lowest BCUT2D eigenvalue weighted by Gasteiger charge is -1.95. The van der Waals surface area contributed by atoms with Gasteiger partial charge in [-0.15, -0.1) is 0 Å². The molecule has 0 aliphatic rings. The number of carbonyl (C=O) groups excluding carboxylic acids is 1. The van der Waals surface area contributed by atoms with Gasteiger partial charge >= 0.3 is 5.97 Å². The topological polar surface area (TPSA) is 67.5 Å². The fourth-order valence-corrected chi connectivity index (χ4v) is 1.47. The van der Waals surface area contributed by atoms with Gasteiger partial charge in [-0.1, -0.05) is 30.3 Å². The minimum atomic E-state index is -1.16. The zero-order chi connectivity index (χ0) is 12.3. The predicted molar refractivity (Wildman–Crippen MR) is 60.7 cm³/mol. The summed E-state index contributed by atoms with van der Waals surface area (Å²) in [6.07, 6.45) is -0.554. The van der Waals surface area contributed by atoms with Gasteiger partial charge in [0.05, 0.1) is 0 Å². The summed E-state index contributed by atoms with van der Waals surface area (Å²) in [6, 6.07) is 12.4. The van der Waals surface area contributed by atoms with Gasteiger partial charge in [0, 0.05) is 5.56 Å². The molecule has 4 nitrogen and oxygen atoms in total. The quantitative estimate of drug-likeness (QED) is 0.647. The molecule has 0 atom stereocenters. The monoisotopic (exact) mass is 230 g/mol. The number of hydrogen-bond donors (Lipinski definition) is 1. The number of aliphatic carboxylic acids is 1. The third-order valence-electron chi connectivity index (χ3n) is 2.25. The molecule has 1 N–H and O–H groups in total. The van der Waals surface area contributed by atoms with Crippen molar-refractivity contribution in [3.63, 3.8) is 0 Å². The van der Waals surface area contributed by atoms with Gasteiger partial charge in [-0.2, -0.15) is 0 Å². The van der Waals surface area contributed by atoms with Gasteiger partial charge in [-0.05, 0) is 12.1 Å². The molecule has 2 rings (SSSR count). The van der Waals surface area contributed by atoms with Crippen LogP contribution in [0, 0.1) is 0 Å². The van der Waals surface area contributed by atoms with Crippen LogP contribution in [0.2, 0.25) is 0 Å². The molecule has 0 radical (unpaired) electrons. The van der Waals surface area contributed by atoms with Gasteiger partial charge in [0.1, 0.15) is 12.2 Å². The maximum atomic E-state index is 11.4. The zero-order valence-corrected chi connectivity index (χ0v) is 8.92. The van der Waals surface area contributed by atoms with E-state index in [0.29, 0.717) is 5.76 Å². The molecule has 0 bridgehead atoms. The SMILES string of the molecule is O=C(O)CC(=O)c1ccc(-c2ccccc2)o1. The first-order valence-corrected chi connectivity index (χ1v) is 5.07. The van der Waals surface area contributed by atoms with Crippen LogP contribution in [-0.2, 0) is 4.79 Å². The number of carbonyl (C=O) groups is 2. The second-order valence-corrected chi connectivity index (χ2v) is 3.52. The normalized spacial score (nSPS) is 10.1. The van der Waals surface area contributed by atoms with Gasteiger partial charge in [-0.3, -0.25) is 9.59 Å². The van der Waals surface area contributed by atoms with Crippen molar-refractivity contribution in [3.05, 3.63) is 48.2 Å². The first-order valence-electron chi connectivity index (χ1n) is 5.07. The van der Waals surface area contributed by atoms with E-state index in [0.717, 1.165) is 5.56 Å². The number of furan rings is 1. The second kappa shape index (κ2) is 4.65. The van der Waals surface area contributed by atoms with Crippen LogP contribution in [0.3, 0.4) is 0 Å². The maximum absolute atomic E-state index is 11.4. The Balaban J connectivity index is 2.22. The molecule has 1 aromatic carbocycles. The molecule has 0 aliphatic heterocycles. The fraction of sp³-hybridized carbons (Fsp3) is 0.0769. The van der Waals surface area contributed by atoms with E-state index in [1.807, 2.05) is 30.3 Å². The van der Waals surface area contributed by atoms with Crippen LogP contribution in [0.15, 0.2) is 46.9 Å². The number of carboxylic acids is 1. The maximum Gasteiger partial charge on any atom is 0.311 e. The minimum Gasteiger partial charge on any atom is -0.481 e. The standard InChI is InChI=1S/C13H10O4/c14-10(8-13(15)16)12-7-6-11(17-12)9-4-2-1-3-5-9/h1-7H,8H2,(H,15,16). The van der Waals surface area contributed by atoms with E-state index in [4.69, 9.17) is 9.52 Å². The van der Waals surface area contributed by atoms with Crippen molar-refractivity contribution in [1.82, 2.24) is 0 Å². The summed E-state index contributed by atoms with van der Waals surface area (Å²) in [5.74, 6) is -1.06. The Bertz CT molecular complexity index is 540. The van der Waals surface area contributed by atoms with Crippen molar-refractivity contribution >= 4 is 11.8 Å². The summed E-state index contributed by atoms with van der Waals surface area (Å²) in [5, 5.41) is 8.51. The van der Waals surface area contributed by atoms with Gasteiger partial charge in [-0.25, -0.2) is 0 Å². The number of rotatable bonds is 4. The summed E-state index contributed by atoms with van der Waals surface area (Å²) in [7, 11) is 0. The molecule has 0 fully saturated rings. The Morgan fingerprint density at radius 3 is 2.41 bits per heavy atom. The number of ketones is 1. The highest BCUT2D eigenvalue weighted by Gasteiger charge is 2.15. The molecule has 1 aromatic heterocycles.